The van der Waals surface area contributed by atoms with Crippen molar-refractivity contribution in [1.82, 2.24) is 0 Å². The van der Waals surface area contributed by atoms with E-state index in [2.05, 4.69) is 39.0 Å². The van der Waals surface area contributed by atoms with Crippen LogP contribution in [0.2, 0.25) is 0 Å². The molecular weight excluding hydrogens is 671 g/mol. The molecule has 0 bridgehead atoms. The third-order valence-corrected chi connectivity index (χ3v) is 11.7. The molecule has 53 heavy (non-hydrogen) atoms. The topological polar surface area (TPSA) is 44.8 Å². The molecule has 0 radical (unpaired) electrons. The lowest BCUT2D eigenvalue weighted by molar-refractivity contribution is 0.295. The Hall–Kier alpha value is -2.71. The number of benzene rings is 3. The van der Waals surface area contributed by atoms with Crippen LogP contribution < -0.4 is 13.6 Å². The van der Waals surface area contributed by atoms with E-state index in [-0.39, 0.29) is 0 Å². The Morgan fingerprint density at radius 3 is 0.830 bits per heavy atom. The SMILES string of the molecule is CCCCCCCCCCc1ccccc1OP(=O)(Oc1ccccc1CCCCCCCCCC)Oc1ccccc1CCCCCCCCCC. The second-order valence-electron chi connectivity index (χ2n) is 15.2. The van der Waals surface area contributed by atoms with Crippen LogP contribution in [0.1, 0.15) is 192 Å². The van der Waals surface area contributed by atoms with Crippen molar-refractivity contribution < 1.29 is 18.1 Å². The molecule has 0 fully saturated rings. The Bertz CT molecular complexity index is 1220. The highest BCUT2D eigenvalue weighted by Gasteiger charge is 2.35. The van der Waals surface area contributed by atoms with E-state index in [1.54, 1.807) is 0 Å². The van der Waals surface area contributed by atoms with Gasteiger partial charge in [0.1, 0.15) is 17.2 Å². The van der Waals surface area contributed by atoms with Gasteiger partial charge in [-0.25, -0.2) is 0 Å². The van der Waals surface area contributed by atoms with Gasteiger partial charge in [0.05, 0.1) is 0 Å². The second-order valence-corrected chi connectivity index (χ2v) is 16.7. The molecule has 3 aromatic carbocycles. The highest BCUT2D eigenvalue weighted by atomic mass is 31.2. The number of aryl methyl sites for hydroxylation is 3. The zero-order valence-corrected chi connectivity index (χ0v) is 35.0. The van der Waals surface area contributed by atoms with Gasteiger partial charge in [-0.1, -0.05) is 210 Å². The molecule has 0 unspecified atom stereocenters. The van der Waals surface area contributed by atoms with Gasteiger partial charge in [-0.05, 0) is 73.4 Å². The normalized spacial score (nSPS) is 11.5. The molecule has 0 aromatic heterocycles. The molecule has 3 aromatic rings. The van der Waals surface area contributed by atoms with Gasteiger partial charge in [-0.15, -0.1) is 0 Å². The van der Waals surface area contributed by atoms with Crippen molar-refractivity contribution >= 4 is 7.82 Å². The zero-order valence-electron chi connectivity index (χ0n) is 34.1. The molecule has 0 saturated heterocycles. The number of para-hydroxylation sites is 3. The first-order valence-electron chi connectivity index (χ1n) is 22.0. The molecule has 0 aliphatic carbocycles. The van der Waals surface area contributed by atoms with E-state index in [1.165, 1.54) is 135 Å². The van der Waals surface area contributed by atoms with Gasteiger partial charge in [-0.3, -0.25) is 0 Å². The molecular formula is C48H75O4P. The van der Waals surface area contributed by atoms with Crippen molar-refractivity contribution in [2.24, 2.45) is 0 Å². The molecule has 5 heteroatoms. The van der Waals surface area contributed by atoms with Crippen molar-refractivity contribution in [1.29, 1.82) is 0 Å². The van der Waals surface area contributed by atoms with Crippen LogP contribution >= 0.6 is 7.82 Å². The smallest absolute Gasteiger partial charge is 0.386 e. The van der Waals surface area contributed by atoms with Crippen LogP contribution in [0, 0.1) is 0 Å². The van der Waals surface area contributed by atoms with E-state index in [1.807, 2.05) is 54.6 Å². The summed E-state index contributed by atoms with van der Waals surface area (Å²) in [5.74, 6) is 1.75. The maximum atomic E-state index is 15.0. The van der Waals surface area contributed by atoms with Crippen LogP contribution in [0.5, 0.6) is 17.2 Å². The van der Waals surface area contributed by atoms with Crippen LogP contribution in [-0.2, 0) is 23.8 Å². The fourth-order valence-electron chi connectivity index (χ4n) is 7.16. The number of hydrogen-bond acceptors (Lipinski definition) is 4. The molecule has 0 heterocycles. The number of unbranched alkanes of at least 4 members (excludes halogenated alkanes) is 21. The van der Waals surface area contributed by atoms with E-state index in [4.69, 9.17) is 13.6 Å². The van der Waals surface area contributed by atoms with Gasteiger partial charge in [0.15, 0.2) is 0 Å². The summed E-state index contributed by atoms with van der Waals surface area (Å²) in [4.78, 5) is 0. The largest absolute Gasteiger partial charge is 0.647 e. The third kappa shape index (κ3) is 19.4. The van der Waals surface area contributed by atoms with Gasteiger partial charge in [0, 0.05) is 0 Å². The van der Waals surface area contributed by atoms with Gasteiger partial charge in [0.25, 0.3) is 0 Å². The second kappa shape index (κ2) is 28.7. The summed E-state index contributed by atoms with van der Waals surface area (Å²) in [6.07, 6.45) is 32.9. The van der Waals surface area contributed by atoms with E-state index >= 15 is 4.57 Å². The van der Waals surface area contributed by atoms with E-state index in [9.17, 15) is 0 Å². The minimum atomic E-state index is -4.15. The highest BCUT2D eigenvalue weighted by molar-refractivity contribution is 7.49. The van der Waals surface area contributed by atoms with Crippen LogP contribution in [0.15, 0.2) is 72.8 Å². The Morgan fingerprint density at radius 1 is 0.340 bits per heavy atom. The minimum absolute atomic E-state index is 0.583. The first-order chi connectivity index (χ1) is 26.1. The first-order valence-corrected chi connectivity index (χ1v) is 23.5. The van der Waals surface area contributed by atoms with E-state index < -0.39 is 7.82 Å². The Morgan fingerprint density at radius 2 is 0.566 bits per heavy atom. The lowest BCUT2D eigenvalue weighted by atomic mass is 10.0. The summed E-state index contributed by atoms with van der Waals surface area (Å²) in [5, 5.41) is 0. The molecule has 0 aliphatic heterocycles. The summed E-state index contributed by atoms with van der Waals surface area (Å²) in [5.41, 5.74) is 3.14. The van der Waals surface area contributed by atoms with Gasteiger partial charge < -0.3 is 13.6 Å². The third-order valence-electron chi connectivity index (χ3n) is 10.4. The van der Waals surface area contributed by atoms with Crippen molar-refractivity contribution in [2.45, 2.75) is 194 Å². The molecule has 0 spiro atoms. The van der Waals surface area contributed by atoms with Crippen molar-refractivity contribution in [3.63, 3.8) is 0 Å². The summed E-state index contributed by atoms with van der Waals surface area (Å²) >= 11 is 0. The van der Waals surface area contributed by atoms with Crippen LogP contribution in [0.25, 0.3) is 0 Å². The standard InChI is InChI=1S/C48H75O4P/c1-4-7-10-13-16-19-22-25-34-43-37-28-31-40-46(43)50-53(49,51-47-41-32-29-38-44(47)35-26-23-20-17-14-11-8-5-2)52-48-42-33-30-39-45(48)36-27-24-21-18-15-12-9-6-3/h28-33,37-42H,4-27,34-36H2,1-3H3. The lowest BCUT2D eigenvalue weighted by Gasteiger charge is -2.23. The predicted octanol–water partition coefficient (Wildman–Crippen LogP) is 16.4. The Labute approximate surface area is 325 Å². The number of phosphoric acid groups is 1. The Kier molecular flexibility index (Phi) is 24.2. The van der Waals surface area contributed by atoms with Crippen molar-refractivity contribution in [3.8, 4) is 17.2 Å². The van der Waals surface area contributed by atoms with E-state index in [0.717, 1.165) is 55.2 Å². The van der Waals surface area contributed by atoms with Gasteiger partial charge in [-0.2, -0.15) is 4.57 Å². The van der Waals surface area contributed by atoms with Gasteiger partial charge >= 0.3 is 7.82 Å². The quantitative estimate of drug-likeness (QED) is 0.0460. The molecule has 0 aliphatic rings. The Balaban J connectivity index is 1.73. The average Bonchev–Trinajstić information content (AvgIpc) is 3.16. The van der Waals surface area contributed by atoms with Crippen LogP contribution in [-0.4, -0.2) is 0 Å². The highest BCUT2D eigenvalue weighted by Crippen LogP contribution is 2.52. The maximum Gasteiger partial charge on any atom is 0.647 e. The molecule has 0 saturated carbocycles. The lowest BCUT2D eigenvalue weighted by Crippen LogP contribution is -2.10. The molecule has 0 amide bonds. The molecule has 0 N–H and O–H groups in total. The monoisotopic (exact) mass is 747 g/mol. The number of phosphoric ester groups is 1. The zero-order chi connectivity index (χ0) is 37.7. The van der Waals surface area contributed by atoms with Crippen LogP contribution in [0.4, 0.5) is 0 Å². The van der Waals surface area contributed by atoms with Crippen LogP contribution in [0.3, 0.4) is 0 Å². The fraction of sp³-hybridized carbons (Fsp3) is 0.625. The van der Waals surface area contributed by atoms with E-state index in [0.29, 0.717) is 17.2 Å². The molecule has 4 nitrogen and oxygen atoms in total. The summed E-state index contributed by atoms with van der Waals surface area (Å²) in [6.45, 7) is 6.80. The molecule has 3 rings (SSSR count). The fourth-order valence-corrected chi connectivity index (χ4v) is 8.53. The first kappa shape index (κ1) is 44.7. The number of hydrogen-bond donors (Lipinski definition) is 0. The predicted molar refractivity (Wildman–Crippen MR) is 228 cm³/mol. The molecule has 0 atom stereocenters. The van der Waals surface area contributed by atoms with Crippen molar-refractivity contribution in [3.05, 3.63) is 89.5 Å². The average molecular weight is 747 g/mol. The summed E-state index contributed by atoms with van der Waals surface area (Å²) in [7, 11) is -4.15. The van der Waals surface area contributed by atoms with Gasteiger partial charge in [0.2, 0.25) is 0 Å². The molecule has 296 valence electrons. The minimum Gasteiger partial charge on any atom is -0.386 e. The summed E-state index contributed by atoms with van der Waals surface area (Å²) < 4.78 is 34.4. The number of rotatable bonds is 33. The summed E-state index contributed by atoms with van der Waals surface area (Å²) in [6, 6.07) is 24.0. The van der Waals surface area contributed by atoms with Crippen molar-refractivity contribution in [2.75, 3.05) is 0 Å². The maximum absolute atomic E-state index is 15.0.